The molecule has 3 heterocycles. The summed E-state index contributed by atoms with van der Waals surface area (Å²) in [5, 5.41) is 6.81. The van der Waals surface area contributed by atoms with E-state index in [0.717, 1.165) is 6.07 Å². The first-order valence-corrected chi connectivity index (χ1v) is 8.23. The van der Waals surface area contributed by atoms with Crippen LogP contribution in [0.5, 0.6) is 0 Å². The third kappa shape index (κ3) is 2.91. The van der Waals surface area contributed by atoms with E-state index in [0.29, 0.717) is 21.4 Å². The highest BCUT2D eigenvalue weighted by Crippen LogP contribution is 2.41. The molecule has 0 bridgehead atoms. The van der Waals surface area contributed by atoms with E-state index in [4.69, 9.17) is 0 Å². The number of alkyl halides is 3. The molecule has 0 saturated carbocycles. The fourth-order valence-electron chi connectivity index (χ4n) is 3.14. The zero-order valence-electron chi connectivity index (χ0n) is 12.6. The van der Waals surface area contributed by atoms with E-state index in [-0.39, 0.29) is 12.0 Å². The number of hydrogen-bond donors (Lipinski definition) is 1. The maximum absolute atomic E-state index is 14.0. The largest absolute Gasteiger partial charge is 0.408 e. The smallest absolute Gasteiger partial charge is 0.294 e. The maximum atomic E-state index is 14.0. The summed E-state index contributed by atoms with van der Waals surface area (Å²) < 4.78 is 56.6. The van der Waals surface area contributed by atoms with Crippen molar-refractivity contribution < 1.29 is 17.6 Å². The van der Waals surface area contributed by atoms with Gasteiger partial charge in [-0.05, 0) is 34.0 Å². The number of hydrogen-bond acceptors (Lipinski definition) is 3. The number of benzene rings is 1. The number of fused-ring (bicyclic) bond motifs is 2. The minimum absolute atomic E-state index is 0.213. The van der Waals surface area contributed by atoms with Gasteiger partial charge < -0.3 is 0 Å². The molecule has 0 amide bonds. The molecule has 9 heteroatoms. The fraction of sp³-hybridized carbons (Fsp3) is 0.250. The predicted molar refractivity (Wildman–Crippen MR) is 85.5 cm³/mol. The lowest BCUT2D eigenvalue weighted by Crippen LogP contribution is -2.42. The Hall–Kier alpha value is -2.00. The molecule has 0 radical (unpaired) electrons. The molecule has 1 N–H and O–H groups in total. The lowest BCUT2D eigenvalue weighted by atomic mass is 9.88. The lowest BCUT2D eigenvalue weighted by Gasteiger charge is -2.33. The van der Waals surface area contributed by atoms with Crippen LogP contribution < -0.4 is 5.32 Å². The van der Waals surface area contributed by atoms with E-state index in [1.54, 1.807) is 18.5 Å². The average molecular weight is 415 g/mol. The molecule has 2 atom stereocenters. The highest BCUT2D eigenvalue weighted by Gasteiger charge is 2.47. The molecule has 0 spiro atoms. The Morgan fingerprint density at radius 2 is 2.08 bits per heavy atom. The van der Waals surface area contributed by atoms with Crippen molar-refractivity contribution >= 4 is 21.6 Å². The first-order valence-electron chi connectivity index (χ1n) is 7.44. The van der Waals surface area contributed by atoms with Crippen LogP contribution in [0.15, 0.2) is 41.1 Å². The average Bonchev–Trinajstić information content (AvgIpc) is 2.96. The molecule has 25 heavy (non-hydrogen) atoms. The molecule has 3 aromatic rings. The predicted octanol–water partition coefficient (Wildman–Crippen LogP) is 4.12. The Morgan fingerprint density at radius 3 is 2.84 bits per heavy atom. The van der Waals surface area contributed by atoms with Crippen molar-refractivity contribution in [2.75, 3.05) is 0 Å². The van der Waals surface area contributed by atoms with Crippen molar-refractivity contribution in [3.8, 4) is 0 Å². The van der Waals surface area contributed by atoms with E-state index in [2.05, 4.69) is 31.3 Å². The molecule has 1 aromatic carbocycles. The number of nitrogens with one attached hydrogen (secondary N) is 1. The van der Waals surface area contributed by atoms with Crippen LogP contribution in [-0.4, -0.2) is 20.8 Å². The quantitative estimate of drug-likeness (QED) is 0.609. The van der Waals surface area contributed by atoms with Crippen molar-refractivity contribution in [1.29, 1.82) is 0 Å². The van der Waals surface area contributed by atoms with Gasteiger partial charge in [-0.3, -0.25) is 5.32 Å². The second-order valence-corrected chi connectivity index (χ2v) is 6.77. The van der Waals surface area contributed by atoms with Gasteiger partial charge in [0, 0.05) is 24.0 Å². The maximum Gasteiger partial charge on any atom is 0.408 e. The highest BCUT2D eigenvalue weighted by atomic mass is 79.9. The SMILES string of the molecule is Fc1cccc2c1C(C(F)(F)F)NC(c1cc3ncc(Br)cn3n1)C2. The Bertz CT molecular complexity index is 953. The van der Waals surface area contributed by atoms with Gasteiger partial charge in [-0.25, -0.2) is 13.9 Å². The molecule has 2 unspecified atom stereocenters. The van der Waals surface area contributed by atoms with Crippen LogP contribution in [0.1, 0.15) is 28.9 Å². The molecule has 1 aliphatic rings. The summed E-state index contributed by atoms with van der Waals surface area (Å²) in [7, 11) is 0. The second kappa shape index (κ2) is 5.77. The zero-order valence-corrected chi connectivity index (χ0v) is 14.1. The minimum Gasteiger partial charge on any atom is -0.294 e. The number of halogens is 5. The van der Waals surface area contributed by atoms with Crippen LogP contribution in [0.2, 0.25) is 0 Å². The van der Waals surface area contributed by atoms with Gasteiger partial charge >= 0.3 is 6.18 Å². The van der Waals surface area contributed by atoms with Gasteiger partial charge in [0.1, 0.15) is 11.9 Å². The number of nitrogens with zero attached hydrogens (tertiary/aromatic N) is 3. The summed E-state index contributed by atoms with van der Waals surface area (Å²) >= 11 is 3.27. The van der Waals surface area contributed by atoms with Crippen molar-refractivity contribution in [2.45, 2.75) is 24.7 Å². The van der Waals surface area contributed by atoms with E-state index in [1.165, 1.54) is 16.6 Å². The third-order valence-corrected chi connectivity index (χ3v) is 4.62. The van der Waals surface area contributed by atoms with Gasteiger partial charge in [0.2, 0.25) is 0 Å². The third-order valence-electron chi connectivity index (χ3n) is 4.21. The fourth-order valence-corrected chi connectivity index (χ4v) is 3.43. The molecule has 130 valence electrons. The second-order valence-electron chi connectivity index (χ2n) is 5.85. The molecular formula is C16H11BrF4N4. The van der Waals surface area contributed by atoms with Crippen LogP contribution in [0.3, 0.4) is 0 Å². The summed E-state index contributed by atoms with van der Waals surface area (Å²) in [6.07, 6.45) is -1.15. The first kappa shape index (κ1) is 16.5. The van der Waals surface area contributed by atoms with Crippen molar-refractivity contribution in [3.05, 3.63) is 63.8 Å². The topological polar surface area (TPSA) is 42.2 Å². The molecule has 0 saturated heterocycles. The normalized spacial score (nSPS) is 20.7. The van der Waals surface area contributed by atoms with Crippen LogP contribution in [0, 0.1) is 5.82 Å². The van der Waals surface area contributed by atoms with Gasteiger partial charge in [0.25, 0.3) is 0 Å². The van der Waals surface area contributed by atoms with Gasteiger partial charge in [0.15, 0.2) is 5.65 Å². The lowest BCUT2D eigenvalue weighted by molar-refractivity contribution is -0.162. The summed E-state index contributed by atoms with van der Waals surface area (Å²) in [6.45, 7) is 0. The Labute approximate surface area is 148 Å². The van der Waals surface area contributed by atoms with Crippen molar-refractivity contribution in [2.24, 2.45) is 0 Å². The van der Waals surface area contributed by atoms with Crippen LogP contribution in [0.25, 0.3) is 5.65 Å². The summed E-state index contributed by atoms with van der Waals surface area (Å²) in [6, 6.07) is 2.85. The summed E-state index contributed by atoms with van der Waals surface area (Å²) in [5.74, 6) is -0.855. The van der Waals surface area contributed by atoms with Crippen LogP contribution in [-0.2, 0) is 6.42 Å². The number of rotatable bonds is 1. The summed E-state index contributed by atoms with van der Waals surface area (Å²) in [4.78, 5) is 4.17. The summed E-state index contributed by atoms with van der Waals surface area (Å²) in [5.41, 5.74) is 0.941. The molecule has 4 rings (SSSR count). The van der Waals surface area contributed by atoms with E-state index in [9.17, 15) is 17.6 Å². The standard InChI is InChI=1S/C16H11BrF4N4/c17-9-6-22-13-5-12(24-25(13)7-9)11-4-8-2-1-3-10(18)14(8)15(23-11)16(19,20)21/h1-3,5-7,11,15,23H,4H2. The van der Waals surface area contributed by atoms with Gasteiger partial charge in [-0.2, -0.15) is 18.3 Å². The minimum atomic E-state index is -4.62. The monoisotopic (exact) mass is 414 g/mol. The molecule has 4 nitrogen and oxygen atoms in total. The Morgan fingerprint density at radius 1 is 1.28 bits per heavy atom. The zero-order chi connectivity index (χ0) is 17.8. The van der Waals surface area contributed by atoms with Gasteiger partial charge in [-0.15, -0.1) is 0 Å². The highest BCUT2D eigenvalue weighted by molar-refractivity contribution is 9.10. The van der Waals surface area contributed by atoms with Gasteiger partial charge in [0.05, 0.1) is 16.2 Å². The van der Waals surface area contributed by atoms with Gasteiger partial charge in [-0.1, -0.05) is 12.1 Å². The van der Waals surface area contributed by atoms with E-state index < -0.39 is 24.1 Å². The number of aromatic nitrogens is 3. The molecule has 0 aliphatic carbocycles. The molecular weight excluding hydrogens is 404 g/mol. The van der Waals surface area contributed by atoms with Crippen LogP contribution in [0.4, 0.5) is 17.6 Å². The Balaban J connectivity index is 1.79. The van der Waals surface area contributed by atoms with E-state index >= 15 is 0 Å². The molecule has 1 aliphatic heterocycles. The first-order chi connectivity index (χ1) is 11.8. The molecule has 0 fully saturated rings. The van der Waals surface area contributed by atoms with Crippen LogP contribution >= 0.6 is 15.9 Å². The van der Waals surface area contributed by atoms with E-state index in [1.807, 2.05) is 0 Å². The van der Waals surface area contributed by atoms with Crippen molar-refractivity contribution in [1.82, 2.24) is 19.9 Å². The Kier molecular flexibility index (Phi) is 3.80. The molecule has 2 aromatic heterocycles. The van der Waals surface area contributed by atoms with Crippen molar-refractivity contribution in [3.63, 3.8) is 0 Å².